The van der Waals surface area contributed by atoms with Crippen LogP contribution >= 0.6 is 0 Å². The summed E-state index contributed by atoms with van der Waals surface area (Å²) in [7, 11) is 0. The first-order valence-electron chi connectivity index (χ1n) is 4.43. The monoisotopic (exact) mass is 226 g/mol. The van der Waals surface area contributed by atoms with Gasteiger partial charge in [-0.3, -0.25) is 4.55 Å². The molecule has 0 bridgehead atoms. The lowest BCUT2D eigenvalue weighted by atomic mass is 10.1. The Bertz CT molecular complexity index is 388. The van der Waals surface area contributed by atoms with Gasteiger partial charge in [0.1, 0.15) is 6.26 Å². The van der Waals surface area contributed by atoms with Crippen molar-refractivity contribution in [2.24, 2.45) is 0 Å². The van der Waals surface area contributed by atoms with E-state index in [1.807, 2.05) is 30.3 Å². The lowest BCUT2D eigenvalue weighted by molar-refractivity contribution is -0.0244. The fraction of sp³-hybridized carbons (Fsp3) is 0.200. The minimum Gasteiger partial charge on any atom is -0.457 e. The van der Waals surface area contributed by atoms with Crippen molar-refractivity contribution < 1.29 is 18.2 Å². The van der Waals surface area contributed by atoms with Crippen molar-refractivity contribution in [2.45, 2.75) is 12.7 Å². The maximum absolute atomic E-state index is 10.6. The zero-order valence-electron chi connectivity index (χ0n) is 7.83. The molecule has 80 valence electrons. The molecule has 0 saturated heterocycles. The van der Waals surface area contributed by atoms with E-state index in [0.717, 1.165) is 5.56 Å². The number of ether oxygens (including phenoxy) is 2. The number of benzene rings is 1. The molecule has 0 saturated carbocycles. The van der Waals surface area contributed by atoms with Gasteiger partial charge < -0.3 is 9.47 Å². The van der Waals surface area contributed by atoms with E-state index in [1.54, 1.807) is 0 Å². The van der Waals surface area contributed by atoms with Crippen molar-refractivity contribution in [3.05, 3.63) is 47.2 Å². The van der Waals surface area contributed by atoms with Gasteiger partial charge in [0, 0.05) is 6.42 Å². The molecule has 1 aromatic carbocycles. The number of hydrogen-bond donors (Lipinski definition) is 1. The van der Waals surface area contributed by atoms with E-state index in [9.17, 15) is 4.21 Å². The molecule has 2 unspecified atom stereocenters. The Balaban J connectivity index is 1.93. The van der Waals surface area contributed by atoms with E-state index >= 15 is 0 Å². The van der Waals surface area contributed by atoms with Gasteiger partial charge in [0.2, 0.25) is 22.5 Å². The van der Waals surface area contributed by atoms with Crippen LogP contribution in [-0.2, 0) is 27.0 Å². The van der Waals surface area contributed by atoms with Crippen LogP contribution in [0.2, 0.25) is 0 Å². The summed E-state index contributed by atoms with van der Waals surface area (Å²) >= 11 is -2.11. The summed E-state index contributed by atoms with van der Waals surface area (Å²) in [5.41, 5.74) is 1.06. The number of hydrogen-bond acceptors (Lipinski definition) is 3. The fourth-order valence-corrected chi connectivity index (χ4v) is 1.62. The largest absolute Gasteiger partial charge is 0.457 e. The molecular weight excluding hydrogens is 216 g/mol. The van der Waals surface area contributed by atoms with Crippen LogP contribution in [0.1, 0.15) is 5.56 Å². The summed E-state index contributed by atoms with van der Waals surface area (Å²) in [4.78, 5) is 0. The Kier molecular flexibility index (Phi) is 3.03. The van der Waals surface area contributed by atoms with Gasteiger partial charge in [-0.05, 0) is 5.56 Å². The first-order chi connectivity index (χ1) is 7.25. The second-order valence-corrected chi connectivity index (χ2v) is 3.96. The SMILES string of the molecule is O=S(O)C1=COC(Cc2ccccc2)O1. The molecular formula is C10H10O4S. The molecule has 0 radical (unpaired) electrons. The predicted molar refractivity (Wildman–Crippen MR) is 55.0 cm³/mol. The van der Waals surface area contributed by atoms with Gasteiger partial charge in [0.15, 0.2) is 0 Å². The molecule has 1 aromatic rings. The Morgan fingerprint density at radius 3 is 2.67 bits per heavy atom. The van der Waals surface area contributed by atoms with Crippen LogP contribution < -0.4 is 0 Å². The average Bonchev–Trinajstić information content (AvgIpc) is 2.68. The second-order valence-electron chi connectivity index (χ2n) is 3.06. The maximum atomic E-state index is 10.6. The Labute approximate surface area is 89.8 Å². The van der Waals surface area contributed by atoms with Crippen molar-refractivity contribution in [3.63, 3.8) is 0 Å². The Hall–Kier alpha value is -1.33. The molecule has 0 aromatic heterocycles. The van der Waals surface area contributed by atoms with Crippen LogP contribution in [0.15, 0.2) is 41.7 Å². The van der Waals surface area contributed by atoms with E-state index in [0.29, 0.717) is 6.42 Å². The van der Waals surface area contributed by atoms with Gasteiger partial charge in [0.05, 0.1) is 0 Å². The van der Waals surface area contributed by atoms with Crippen molar-refractivity contribution in [3.8, 4) is 0 Å². The second kappa shape index (κ2) is 4.46. The zero-order chi connectivity index (χ0) is 10.7. The zero-order valence-corrected chi connectivity index (χ0v) is 8.65. The first kappa shape index (κ1) is 10.2. The van der Waals surface area contributed by atoms with E-state index in [1.165, 1.54) is 6.26 Å². The smallest absolute Gasteiger partial charge is 0.250 e. The minimum atomic E-state index is -2.11. The van der Waals surface area contributed by atoms with Gasteiger partial charge in [-0.1, -0.05) is 30.3 Å². The van der Waals surface area contributed by atoms with Crippen molar-refractivity contribution in [2.75, 3.05) is 0 Å². The molecule has 1 aliphatic rings. The third kappa shape index (κ3) is 2.57. The standard InChI is InChI=1S/C10H10O4S/c11-15(12)10-7-13-9(14-10)6-8-4-2-1-3-5-8/h1-5,7,9H,6H2,(H,11,12). The average molecular weight is 226 g/mol. The van der Waals surface area contributed by atoms with Crippen LogP contribution in [0, 0.1) is 0 Å². The summed E-state index contributed by atoms with van der Waals surface area (Å²) in [6.07, 6.45) is 1.24. The maximum Gasteiger partial charge on any atom is 0.250 e. The summed E-state index contributed by atoms with van der Waals surface area (Å²) in [5, 5.41) is -0.0315. The third-order valence-electron chi connectivity index (χ3n) is 1.98. The minimum absolute atomic E-state index is 0.0315. The quantitative estimate of drug-likeness (QED) is 0.796. The van der Waals surface area contributed by atoms with Crippen molar-refractivity contribution >= 4 is 11.1 Å². The summed E-state index contributed by atoms with van der Waals surface area (Å²) < 4.78 is 29.6. The highest BCUT2D eigenvalue weighted by atomic mass is 32.2. The molecule has 15 heavy (non-hydrogen) atoms. The highest BCUT2D eigenvalue weighted by molar-refractivity contribution is 7.83. The van der Waals surface area contributed by atoms with Crippen molar-refractivity contribution in [1.29, 1.82) is 0 Å². The normalized spacial score (nSPS) is 21.4. The van der Waals surface area contributed by atoms with Crippen molar-refractivity contribution in [1.82, 2.24) is 0 Å². The van der Waals surface area contributed by atoms with Crippen LogP contribution in [0.4, 0.5) is 0 Å². The molecule has 0 aliphatic carbocycles. The summed E-state index contributed by atoms with van der Waals surface area (Å²) in [5.74, 6) is 0. The molecule has 2 rings (SSSR count). The Morgan fingerprint density at radius 1 is 1.33 bits per heavy atom. The summed E-state index contributed by atoms with van der Waals surface area (Å²) in [6.45, 7) is 0. The molecule has 1 aliphatic heterocycles. The van der Waals surface area contributed by atoms with Gasteiger partial charge >= 0.3 is 0 Å². The molecule has 0 amide bonds. The lowest BCUT2D eigenvalue weighted by Gasteiger charge is -2.10. The van der Waals surface area contributed by atoms with E-state index in [4.69, 9.17) is 14.0 Å². The molecule has 2 atom stereocenters. The fourth-order valence-electron chi connectivity index (χ4n) is 1.30. The topological polar surface area (TPSA) is 55.8 Å². The molecule has 4 nitrogen and oxygen atoms in total. The van der Waals surface area contributed by atoms with Crippen LogP contribution in [0.25, 0.3) is 0 Å². The van der Waals surface area contributed by atoms with E-state index in [-0.39, 0.29) is 5.09 Å². The molecule has 5 heteroatoms. The lowest BCUT2D eigenvalue weighted by Crippen LogP contribution is -2.12. The van der Waals surface area contributed by atoms with Gasteiger partial charge in [-0.25, -0.2) is 4.21 Å². The number of rotatable bonds is 3. The van der Waals surface area contributed by atoms with Crippen LogP contribution in [0.5, 0.6) is 0 Å². The van der Waals surface area contributed by atoms with E-state index in [2.05, 4.69) is 0 Å². The van der Waals surface area contributed by atoms with E-state index < -0.39 is 17.4 Å². The van der Waals surface area contributed by atoms with Gasteiger partial charge in [-0.15, -0.1) is 0 Å². The molecule has 1 N–H and O–H groups in total. The summed E-state index contributed by atoms with van der Waals surface area (Å²) in [6, 6.07) is 9.65. The van der Waals surface area contributed by atoms with Gasteiger partial charge in [-0.2, -0.15) is 0 Å². The highest BCUT2D eigenvalue weighted by Gasteiger charge is 2.23. The van der Waals surface area contributed by atoms with Crippen LogP contribution in [-0.4, -0.2) is 15.1 Å². The highest BCUT2D eigenvalue weighted by Crippen LogP contribution is 2.19. The third-order valence-corrected chi connectivity index (χ3v) is 2.52. The van der Waals surface area contributed by atoms with Gasteiger partial charge in [0.25, 0.3) is 0 Å². The Morgan fingerprint density at radius 2 is 2.07 bits per heavy atom. The molecule has 1 heterocycles. The van der Waals surface area contributed by atoms with Crippen LogP contribution in [0.3, 0.4) is 0 Å². The molecule has 0 fully saturated rings. The first-order valence-corrected chi connectivity index (χ1v) is 5.53. The molecule has 0 spiro atoms. The predicted octanol–water partition coefficient (Wildman–Crippen LogP) is 1.62.